The number of fused-ring (bicyclic) bond motifs is 1. The molecule has 4 nitrogen and oxygen atoms in total. The lowest BCUT2D eigenvalue weighted by Crippen LogP contribution is -2.12. The van der Waals surface area contributed by atoms with Crippen LogP contribution in [0.3, 0.4) is 0 Å². The zero-order chi connectivity index (χ0) is 13.4. The maximum atomic E-state index is 13.3. The number of aromatic nitrogens is 1. The summed E-state index contributed by atoms with van der Waals surface area (Å²) in [6, 6.07) is 4.01. The fraction of sp³-hybridized carbons (Fsp3) is 0.231. The molecule has 0 spiro atoms. The van der Waals surface area contributed by atoms with E-state index in [0.29, 0.717) is 5.13 Å². The molecule has 19 heavy (non-hydrogen) atoms. The van der Waals surface area contributed by atoms with E-state index in [2.05, 4.69) is 10.3 Å². The van der Waals surface area contributed by atoms with Crippen molar-refractivity contribution in [3.05, 3.63) is 40.2 Å². The van der Waals surface area contributed by atoms with Gasteiger partial charge in [-0.3, -0.25) is 10.1 Å². The third-order valence-corrected chi connectivity index (χ3v) is 4.15. The lowest BCUT2D eigenvalue weighted by Gasteiger charge is -2.03. The van der Waals surface area contributed by atoms with Crippen LogP contribution in [-0.2, 0) is 12.8 Å². The molecule has 2 aromatic rings. The number of thiazole rings is 1. The normalized spacial score (nSPS) is 13.3. The van der Waals surface area contributed by atoms with E-state index in [1.165, 1.54) is 28.3 Å². The zero-order valence-electron chi connectivity index (χ0n) is 10.1. The first kappa shape index (κ1) is 12.1. The molecule has 0 saturated heterocycles. The Balaban J connectivity index is 1.78. The number of halogens is 1. The van der Waals surface area contributed by atoms with Gasteiger partial charge >= 0.3 is 0 Å². The third-order valence-electron chi connectivity index (χ3n) is 3.08. The number of nitrogens with one attached hydrogen (secondary N) is 1. The van der Waals surface area contributed by atoms with Crippen molar-refractivity contribution in [1.29, 1.82) is 0 Å². The summed E-state index contributed by atoms with van der Waals surface area (Å²) >= 11 is 1.49. The van der Waals surface area contributed by atoms with Gasteiger partial charge in [-0.25, -0.2) is 9.37 Å². The first-order valence-corrected chi connectivity index (χ1v) is 6.80. The minimum absolute atomic E-state index is 0.0322. The maximum absolute atomic E-state index is 13.3. The van der Waals surface area contributed by atoms with E-state index >= 15 is 0 Å². The highest BCUT2D eigenvalue weighted by atomic mass is 32.1. The SMILES string of the molecule is Nc1ccc(C(=O)Nc2nc3c(s2)CCC3)cc1F. The molecule has 0 bridgehead atoms. The maximum Gasteiger partial charge on any atom is 0.257 e. The number of amides is 1. The molecule has 1 heterocycles. The van der Waals surface area contributed by atoms with Gasteiger partial charge in [-0.1, -0.05) is 0 Å². The van der Waals surface area contributed by atoms with Crippen LogP contribution in [-0.4, -0.2) is 10.9 Å². The summed E-state index contributed by atoms with van der Waals surface area (Å²) in [6.07, 6.45) is 3.13. The number of carbonyl (C=O) groups is 1. The molecule has 1 amide bonds. The van der Waals surface area contributed by atoms with Crippen LogP contribution in [0.25, 0.3) is 0 Å². The van der Waals surface area contributed by atoms with E-state index in [1.807, 2.05) is 0 Å². The molecular weight excluding hydrogens is 265 g/mol. The first-order valence-electron chi connectivity index (χ1n) is 5.98. The number of nitrogen functional groups attached to an aromatic ring is 1. The van der Waals surface area contributed by atoms with Crippen LogP contribution >= 0.6 is 11.3 Å². The highest BCUT2D eigenvalue weighted by Gasteiger charge is 2.18. The summed E-state index contributed by atoms with van der Waals surface area (Å²) < 4.78 is 13.3. The molecule has 1 aliphatic rings. The molecule has 0 saturated carbocycles. The molecule has 1 aromatic heterocycles. The highest BCUT2D eigenvalue weighted by molar-refractivity contribution is 7.15. The second-order valence-corrected chi connectivity index (χ2v) is 5.52. The topological polar surface area (TPSA) is 68.0 Å². The van der Waals surface area contributed by atoms with Crippen molar-refractivity contribution in [2.45, 2.75) is 19.3 Å². The van der Waals surface area contributed by atoms with E-state index in [-0.39, 0.29) is 17.2 Å². The highest BCUT2D eigenvalue weighted by Crippen LogP contribution is 2.30. The van der Waals surface area contributed by atoms with Gasteiger partial charge in [0.05, 0.1) is 11.4 Å². The molecule has 3 N–H and O–H groups in total. The number of hydrogen-bond donors (Lipinski definition) is 2. The average Bonchev–Trinajstić information content (AvgIpc) is 2.93. The summed E-state index contributed by atoms with van der Waals surface area (Å²) in [5.41, 5.74) is 6.72. The minimum Gasteiger partial charge on any atom is -0.396 e. The van der Waals surface area contributed by atoms with Crippen LogP contribution in [0.2, 0.25) is 0 Å². The number of carbonyl (C=O) groups excluding carboxylic acids is 1. The first-order chi connectivity index (χ1) is 9.13. The van der Waals surface area contributed by atoms with Crippen LogP contribution in [0.15, 0.2) is 18.2 Å². The van der Waals surface area contributed by atoms with Gasteiger partial charge in [0.2, 0.25) is 0 Å². The van der Waals surface area contributed by atoms with Crippen molar-refractivity contribution < 1.29 is 9.18 Å². The Bertz CT molecular complexity index is 632. The molecule has 3 rings (SSSR count). The molecule has 0 atom stereocenters. The van der Waals surface area contributed by atoms with Crippen LogP contribution in [0.4, 0.5) is 15.2 Å². The molecule has 1 aliphatic carbocycles. The zero-order valence-corrected chi connectivity index (χ0v) is 10.9. The van der Waals surface area contributed by atoms with Gasteiger partial charge in [-0.15, -0.1) is 11.3 Å². The van der Waals surface area contributed by atoms with Crippen LogP contribution < -0.4 is 11.1 Å². The van der Waals surface area contributed by atoms with E-state index in [9.17, 15) is 9.18 Å². The molecule has 0 aliphatic heterocycles. The average molecular weight is 277 g/mol. The third kappa shape index (κ3) is 2.31. The Morgan fingerprint density at radius 2 is 2.26 bits per heavy atom. The number of nitrogens with zero attached hydrogens (tertiary/aromatic N) is 1. The van der Waals surface area contributed by atoms with Gasteiger partial charge in [0.25, 0.3) is 5.91 Å². The summed E-state index contributed by atoms with van der Waals surface area (Å²) in [6.45, 7) is 0. The standard InChI is InChI=1S/C13H12FN3OS/c14-8-6-7(4-5-9(8)15)12(18)17-13-16-10-2-1-3-11(10)19-13/h4-6H,1-3,15H2,(H,16,17,18). The van der Waals surface area contributed by atoms with E-state index in [0.717, 1.165) is 31.0 Å². The summed E-state index contributed by atoms with van der Waals surface area (Å²) in [5.74, 6) is -0.958. The Hall–Kier alpha value is -1.95. The van der Waals surface area contributed by atoms with Gasteiger partial charge < -0.3 is 5.73 Å². The van der Waals surface area contributed by atoms with Crippen molar-refractivity contribution >= 4 is 28.1 Å². The number of aryl methyl sites for hydroxylation is 2. The number of rotatable bonds is 2. The Kier molecular flexibility index (Phi) is 2.94. The molecule has 0 unspecified atom stereocenters. The molecule has 1 aromatic carbocycles. The molecular formula is C13H12FN3OS. The second kappa shape index (κ2) is 4.62. The largest absolute Gasteiger partial charge is 0.396 e. The molecule has 6 heteroatoms. The number of hydrogen-bond acceptors (Lipinski definition) is 4. The minimum atomic E-state index is -0.589. The molecule has 0 radical (unpaired) electrons. The fourth-order valence-electron chi connectivity index (χ4n) is 2.08. The van der Waals surface area contributed by atoms with Crippen LogP contribution in [0.5, 0.6) is 0 Å². The van der Waals surface area contributed by atoms with Gasteiger partial charge in [-0.05, 0) is 37.5 Å². The van der Waals surface area contributed by atoms with Gasteiger partial charge in [-0.2, -0.15) is 0 Å². The summed E-state index contributed by atoms with van der Waals surface area (Å²) in [5, 5.41) is 3.27. The monoisotopic (exact) mass is 277 g/mol. The lowest BCUT2D eigenvalue weighted by atomic mass is 10.2. The number of nitrogens with two attached hydrogens (primary N) is 1. The number of benzene rings is 1. The quantitative estimate of drug-likeness (QED) is 0.829. The van der Waals surface area contributed by atoms with Crippen molar-refractivity contribution in [2.24, 2.45) is 0 Å². The summed E-state index contributed by atoms with van der Waals surface area (Å²) in [4.78, 5) is 17.6. The van der Waals surface area contributed by atoms with Crippen molar-refractivity contribution in [3.8, 4) is 0 Å². The Labute approximate surface area is 113 Å². The van der Waals surface area contributed by atoms with Gasteiger partial charge in [0.1, 0.15) is 5.82 Å². The van der Waals surface area contributed by atoms with Crippen LogP contribution in [0, 0.1) is 5.82 Å². The van der Waals surface area contributed by atoms with Crippen LogP contribution in [0.1, 0.15) is 27.3 Å². The van der Waals surface area contributed by atoms with Crippen molar-refractivity contribution in [2.75, 3.05) is 11.1 Å². The fourth-order valence-corrected chi connectivity index (χ4v) is 3.13. The summed E-state index contributed by atoms with van der Waals surface area (Å²) in [7, 11) is 0. The van der Waals surface area contributed by atoms with Gasteiger partial charge in [0, 0.05) is 10.4 Å². The second-order valence-electron chi connectivity index (χ2n) is 4.43. The lowest BCUT2D eigenvalue weighted by molar-refractivity contribution is 0.102. The Morgan fingerprint density at radius 1 is 1.42 bits per heavy atom. The van der Waals surface area contributed by atoms with Crippen molar-refractivity contribution in [1.82, 2.24) is 4.98 Å². The molecule has 0 fully saturated rings. The molecule has 98 valence electrons. The van der Waals surface area contributed by atoms with E-state index < -0.39 is 5.82 Å². The predicted molar refractivity (Wildman–Crippen MR) is 72.9 cm³/mol. The van der Waals surface area contributed by atoms with E-state index in [1.54, 1.807) is 0 Å². The Morgan fingerprint density at radius 3 is 3.00 bits per heavy atom. The van der Waals surface area contributed by atoms with Crippen molar-refractivity contribution in [3.63, 3.8) is 0 Å². The van der Waals surface area contributed by atoms with Gasteiger partial charge in [0.15, 0.2) is 5.13 Å². The smallest absolute Gasteiger partial charge is 0.257 e. The number of anilines is 2. The predicted octanol–water partition coefficient (Wildman–Crippen LogP) is 2.61. The van der Waals surface area contributed by atoms with E-state index in [4.69, 9.17) is 5.73 Å².